The van der Waals surface area contributed by atoms with Gasteiger partial charge in [0.25, 0.3) is 0 Å². The topological polar surface area (TPSA) is 87.4 Å². The van der Waals surface area contributed by atoms with Crippen molar-refractivity contribution in [3.8, 4) is 0 Å². The summed E-state index contributed by atoms with van der Waals surface area (Å²) in [5, 5.41) is 27.5. The number of hydrogen-bond donors (Lipinski definition) is 3. The highest BCUT2D eigenvalue weighted by Gasteiger charge is 2.25. The van der Waals surface area contributed by atoms with Gasteiger partial charge in [0.1, 0.15) is 5.82 Å². The number of aromatic nitrogens is 3. The lowest BCUT2D eigenvalue weighted by molar-refractivity contribution is 0.0306. The Kier molecular flexibility index (Phi) is 14.1. The van der Waals surface area contributed by atoms with E-state index in [0.29, 0.717) is 12.6 Å². The van der Waals surface area contributed by atoms with E-state index in [4.69, 9.17) is 0 Å². The minimum atomic E-state index is -0.697. The molecular formula is C22H43IN6OS. The fourth-order valence-corrected chi connectivity index (χ4v) is 4.95. The first kappa shape index (κ1) is 28.5. The molecule has 0 aromatic carbocycles. The van der Waals surface area contributed by atoms with Gasteiger partial charge in [-0.2, -0.15) is 0 Å². The van der Waals surface area contributed by atoms with E-state index in [2.05, 4.69) is 57.4 Å². The van der Waals surface area contributed by atoms with Crippen molar-refractivity contribution >= 4 is 41.7 Å². The molecule has 0 atom stereocenters. The Bertz CT molecular complexity index is 642. The number of nitrogens with one attached hydrogen (secondary N) is 2. The van der Waals surface area contributed by atoms with Crippen molar-refractivity contribution in [1.29, 1.82) is 0 Å². The molecule has 0 aliphatic heterocycles. The van der Waals surface area contributed by atoms with Crippen LogP contribution in [0.25, 0.3) is 0 Å². The van der Waals surface area contributed by atoms with Gasteiger partial charge in [0.2, 0.25) is 0 Å². The van der Waals surface area contributed by atoms with Crippen molar-refractivity contribution in [1.82, 2.24) is 25.4 Å². The molecule has 2 rings (SSSR count). The van der Waals surface area contributed by atoms with Gasteiger partial charge in [0.05, 0.1) is 12.1 Å². The summed E-state index contributed by atoms with van der Waals surface area (Å²) in [4.78, 5) is 4.67. The summed E-state index contributed by atoms with van der Waals surface area (Å²) in [6, 6.07) is 0.569. The smallest absolute Gasteiger partial charge is 0.191 e. The van der Waals surface area contributed by atoms with E-state index in [1.807, 2.05) is 0 Å². The molecule has 1 aromatic heterocycles. The van der Waals surface area contributed by atoms with E-state index in [0.717, 1.165) is 68.6 Å². The summed E-state index contributed by atoms with van der Waals surface area (Å²) >= 11 is 1.69. The summed E-state index contributed by atoms with van der Waals surface area (Å²) < 4.78 is 2.38. The number of rotatable bonds is 13. The minimum absolute atomic E-state index is 0. The van der Waals surface area contributed by atoms with Crippen LogP contribution in [0.5, 0.6) is 0 Å². The zero-order valence-corrected chi connectivity index (χ0v) is 23.0. The second-order valence-corrected chi connectivity index (χ2v) is 9.13. The second-order valence-electron chi connectivity index (χ2n) is 8.36. The number of thioether (sulfide) groups is 1. The summed E-state index contributed by atoms with van der Waals surface area (Å²) in [7, 11) is 0. The fraction of sp³-hybridized carbons (Fsp3) is 0.864. The van der Waals surface area contributed by atoms with Gasteiger partial charge in [-0.05, 0) is 45.3 Å². The largest absolute Gasteiger partial charge is 0.388 e. The molecule has 180 valence electrons. The molecule has 0 spiro atoms. The van der Waals surface area contributed by atoms with Crippen LogP contribution in [0, 0.1) is 0 Å². The van der Waals surface area contributed by atoms with Gasteiger partial charge in [0, 0.05) is 25.6 Å². The molecule has 1 aliphatic carbocycles. The molecule has 0 unspecified atom stereocenters. The minimum Gasteiger partial charge on any atom is -0.388 e. The molecular weight excluding hydrogens is 523 g/mol. The zero-order valence-electron chi connectivity index (χ0n) is 19.8. The molecule has 1 aromatic rings. The predicted molar refractivity (Wildman–Crippen MR) is 142 cm³/mol. The molecule has 0 amide bonds. The lowest BCUT2D eigenvalue weighted by Gasteiger charge is -2.26. The Morgan fingerprint density at radius 2 is 1.84 bits per heavy atom. The van der Waals surface area contributed by atoms with E-state index in [1.165, 1.54) is 25.7 Å². The number of nitrogens with zero attached hydrogens (tertiary/aromatic N) is 4. The molecule has 9 heteroatoms. The predicted octanol–water partition coefficient (Wildman–Crippen LogP) is 4.55. The summed E-state index contributed by atoms with van der Waals surface area (Å²) in [5.41, 5.74) is -0.697. The van der Waals surface area contributed by atoms with Gasteiger partial charge >= 0.3 is 0 Å². The molecule has 1 saturated carbocycles. The number of aryl methyl sites for hydroxylation is 1. The average molecular weight is 567 g/mol. The van der Waals surface area contributed by atoms with Crippen molar-refractivity contribution in [3.05, 3.63) is 5.82 Å². The maximum atomic E-state index is 10.8. The first-order chi connectivity index (χ1) is 14.6. The Hall–Kier alpha value is -0.550. The van der Waals surface area contributed by atoms with Crippen LogP contribution >= 0.6 is 35.7 Å². The highest BCUT2D eigenvalue weighted by atomic mass is 127. The van der Waals surface area contributed by atoms with Gasteiger partial charge in [-0.3, -0.25) is 4.99 Å². The molecule has 0 saturated heterocycles. The lowest BCUT2D eigenvalue weighted by atomic mass is 9.93. The highest BCUT2D eigenvalue weighted by Crippen LogP contribution is 2.33. The molecule has 31 heavy (non-hydrogen) atoms. The molecule has 1 fully saturated rings. The Morgan fingerprint density at radius 1 is 1.16 bits per heavy atom. The monoisotopic (exact) mass is 566 g/mol. The van der Waals surface area contributed by atoms with Gasteiger partial charge in [-0.25, -0.2) is 0 Å². The number of aliphatic hydroxyl groups is 1. The normalized spacial score (nSPS) is 15.2. The third-order valence-corrected chi connectivity index (χ3v) is 6.43. The standard InChI is InChI=1S/C22H42N6OS.HI/c1-5-14-22(29,15-6-2)17-25-20(23-7-3)24-16-10-13-19-26-27-21(30-4)28(19)18-11-8-9-12-18;/h18,29H,5-17H2,1-4H3,(H2,23,24,25);1H. The maximum absolute atomic E-state index is 10.8. The van der Waals surface area contributed by atoms with E-state index >= 15 is 0 Å². The Morgan fingerprint density at radius 3 is 2.42 bits per heavy atom. The van der Waals surface area contributed by atoms with Gasteiger partial charge in [0.15, 0.2) is 11.1 Å². The Labute approximate surface area is 210 Å². The number of halogens is 1. The van der Waals surface area contributed by atoms with Crippen LogP contribution in [0.1, 0.15) is 90.4 Å². The fourth-order valence-electron chi connectivity index (χ4n) is 4.38. The van der Waals surface area contributed by atoms with Crippen molar-refractivity contribution in [2.45, 2.75) is 102 Å². The Balaban J connectivity index is 0.00000480. The van der Waals surface area contributed by atoms with Crippen LogP contribution in [-0.4, -0.2) is 57.3 Å². The van der Waals surface area contributed by atoms with Crippen LogP contribution in [0.15, 0.2) is 10.1 Å². The first-order valence-corrected chi connectivity index (χ1v) is 13.0. The molecule has 1 heterocycles. The van der Waals surface area contributed by atoms with Crippen LogP contribution < -0.4 is 10.6 Å². The van der Waals surface area contributed by atoms with E-state index in [9.17, 15) is 5.11 Å². The highest BCUT2D eigenvalue weighted by molar-refractivity contribution is 14.0. The van der Waals surface area contributed by atoms with Crippen LogP contribution in [-0.2, 0) is 6.42 Å². The molecule has 7 nitrogen and oxygen atoms in total. The van der Waals surface area contributed by atoms with Crippen molar-refractivity contribution in [2.24, 2.45) is 4.99 Å². The molecule has 0 radical (unpaired) electrons. The quantitative estimate of drug-likeness (QED) is 0.107. The van der Waals surface area contributed by atoms with Gasteiger partial charge < -0.3 is 20.3 Å². The molecule has 1 aliphatic rings. The number of hydrogen-bond acceptors (Lipinski definition) is 5. The number of aliphatic imine (C=N–C) groups is 1. The summed E-state index contributed by atoms with van der Waals surface area (Å²) in [6.07, 6.45) is 12.6. The zero-order chi connectivity index (χ0) is 21.8. The van der Waals surface area contributed by atoms with Crippen LogP contribution in [0.3, 0.4) is 0 Å². The molecule has 0 bridgehead atoms. The lowest BCUT2D eigenvalue weighted by Crippen LogP contribution is -2.40. The molecule has 3 N–H and O–H groups in total. The van der Waals surface area contributed by atoms with E-state index in [-0.39, 0.29) is 24.0 Å². The van der Waals surface area contributed by atoms with E-state index < -0.39 is 5.60 Å². The average Bonchev–Trinajstić information content (AvgIpc) is 3.38. The van der Waals surface area contributed by atoms with Crippen LogP contribution in [0.2, 0.25) is 0 Å². The van der Waals surface area contributed by atoms with Gasteiger partial charge in [-0.1, -0.05) is 51.3 Å². The summed E-state index contributed by atoms with van der Waals surface area (Å²) in [6.45, 7) is 8.35. The van der Waals surface area contributed by atoms with Crippen molar-refractivity contribution < 1.29 is 5.11 Å². The maximum Gasteiger partial charge on any atom is 0.191 e. The van der Waals surface area contributed by atoms with Crippen molar-refractivity contribution in [2.75, 3.05) is 25.9 Å². The third kappa shape index (κ3) is 9.07. The van der Waals surface area contributed by atoms with Crippen LogP contribution in [0.4, 0.5) is 0 Å². The van der Waals surface area contributed by atoms with Crippen molar-refractivity contribution in [3.63, 3.8) is 0 Å². The van der Waals surface area contributed by atoms with Gasteiger partial charge in [-0.15, -0.1) is 34.2 Å². The first-order valence-electron chi connectivity index (χ1n) is 11.8. The second kappa shape index (κ2) is 15.3. The summed E-state index contributed by atoms with van der Waals surface area (Å²) in [5.74, 6) is 1.89. The van der Waals surface area contributed by atoms with E-state index in [1.54, 1.807) is 11.8 Å². The number of guanidine groups is 1. The SMILES string of the molecule is CCCC(O)(CCC)CN=C(NCC)NCCCc1nnc(SC)n1C1CCCC1.I. The third-order valence-electron chi connectivity index (χ3n) is 5.78.